The van der Waals surface area contributed by atoms with Crippen LogP contribution in [0.5, 0.6) is 28.7 Å². The fourth-order valence-corrected chi connectivity index (χ4v) is 6.11. The Morgan fingerprint density at radius 3 is 2.24 bits per heavy atom. The van der Waals surface area contributed by atoms with Gasteiger partial charge in [0.1, 0.15) is 12.1 Å². The highest BCUT2D eigenvalue weighted by atomic mass is 16.5. The van der Waals surface area contributed by atoms with Gasteiger partial charge in [0, 0.05) is 17.5 Å². The number of aliphatic hydroxyl groups is 1. The maximum atomic E-state index is 13.5. The van der Waals surface area contributed by atoms with Crippen LogP contribution in [0.4, 0.5) is 0 Å². The number of hydrogen-bond donors (Lipinski definition) is 4. The summed E-state index contributed by atoms with van der Waals surface area (Å²) in [6.07, 6.45) is 2.24. The number of carbonyl (C=O) groups is 2. The number of benzene rings is 3. The third-order valence-corrected chi connectivity index (χ3v) is 8.62. The second-order valence-corrected chi connectivity index (χ2v) is 12.6. The quantitative estimate of drug-likeness (QED) is 0.170. The molecular formula is C38H48N2O9. The first kappa shape index (κ1) is 37.1. The van der Waals surface area contributed by atoms with Crippen molar-refractivity contribution in [1.29, 1.82) is 0 Å². The lowest BCUT2D eigenvalue weighted by molar-refractivity contribution is -0.150. The van der Waals surface area contributed by atoms with E-state index in [1.165, 1.54) is 7.11 Å². The number of phenolic OH excluding ortho intramolecular Hbond substituents is 1. The van der Waals surface area contributed by atoms with Crippen LogP contribution >= 0.6 is 0 Å². The van der Waals surface area contributed by atoms with E-state index in [2.05, 4.69) is 5.32 Å². The molecule has 3 aromatic carbocycles. The number of hydrogen-bond acceptors (Lipinski definition) is 10. The monoisotopic (exact) mass is 676 g/mol. The molecule has 49 heavy (non-hydrogen) atoms. The van der Waals surface area contributed by atoms with Gasteiger partial charge in [0.25, 0.3) is 5.91 Å². The Labute approximate surface area is 288 Å². The molecule has 11 heteroatoms. The number of amides is 1. The SMILES string of the molecule is COc1ccc(C2=CC(COC(=O)C(CC(C)C)NC(=O)C(O)C(N)Cc3ccccc3)CCc3c2cc(OC)c(OC)c3OC)cc1O. The lowest BCUT2D eigenvalue weighted by Crippen LogP contribution is -2.52. The number of methoxy groups -OCH3 is 4. The van der Waals surface area contributed by atoms with Crippen LogP contribution in [0.2, 0.25) is 0 Å². The van der Waals surface area contributed by atoms with Gasteiger partial charge < -0.3 is 44.9 Å². The second kappa shape index (κ2) is 17.1. The molecule has 4 atom stereocenters. The van der Waals surface area contributed by atoms with Gasteiger partial charge in [0.05, 0.1) is 35.0 Å². The Hall–Kier alpha value is -4.74. The largest absolute Gasteiger partial charge is 0.504 e. The molecule has 0 aliphatic heterocycles. The van der Waals surface area contributed by atoms with Crippen LogP contribution in [0.3, 0.4) is 0 Å². The highest BCUT2D eigenvalue weighted by Crippen LogP contribution is 2.47. The van der Waals surface area contributed by atoms with E-state index in [-0.39, 0.29) is 24.2 Å². The van der Waals surface area contributed by atoms with E-state index < -0.39 is 30.1 Å². The molecule has 11 nitrogen and oxygen atoms in total. The number of fused-ring (bicyclic) bond motifs is 1. The van der Waals surface area contributed by atoms with E-state index in [1.807, 2.05) is 62.4 Å². The van der Waals surface area contributed by atoms with Crippen LogP contribution in [0.15, 0.2) is 60.7 Å². The summed E-state index contributed by atoms with van der Waals surface area (Å²) in [5.74, 6) is 0.232. The average molecular weight is 677 g/mol. The molecule has 1 amide bonds. The maximum absolute atomic E-state index is 13.5. The van der Waals surface area contributed by atoms with E-state index in [9.17, 15) is 19.8 Å². The smallest absolute Gasteiger partial charge is 0.328 e. The zero-order valence-corrected chi connectivity index (χ0v) is 29.0. The Kier molecular flexibility index (Phi) is 12.9. The highest BCUT2D eigenvalue weighted by Gasteiger charge is 2.31. The van der Waals surface area contributed by atoms with Crippen molar-refractivity contribution in [2.24, 2.45) is 17.6 Å². The van der Waals surface area contributed by atoms with Crippen molar-refractivity contribution in [2.45, 2.75) is 57.7 Å². The molecule has 0 fully saturated rings. The molecule has 0 radical (unpaired) electrons. The van der Waals surface area contributed by atoms with Crippen molar-refractivity contribution in [3.05, 3.63) is 82.9 Å². The van der Waals surface area contributed by atoms with Gasteiger partial charge in [-0.05, 0) is 72.1 Å². The van der Waals surface area contributed by atoms with Crippen LogP contribution in [0.25, 0.3) is 5.57 Å². The topological polar surface area (TPSA) is 159 Å². The predicted molar refractivity (Wildman–Crippen MR) is 186 cm³/mol. The first-order chi connectivity index (χ1) is 23.5. The van der Waals surface area contributed by atoms with Crippen molar-refractivity contribution in [1.82, 2.24) is 5.32 Å². The Balaban J connectivity index is 1.58. The van der Waals surface area contributed by atoms with E-state index in [4.69, 9.17) is 29.4 Å². The third-order valence-electron chi connectivity index (χ3n) is 8.62. The third kappa shape index (κ3) is 9.04. The van der Waals surface area contributed by atoms with Gasteiger partial charge in [-0.25, -0.2) is 4.79 Å². The van der Waals surface area contributed by atoms with Crippen LogP contribution in [-0.4, -0.2) is 75.3 Å². The van der Waals surface area contributed by atoms with Crippen molar-refractivity contribution in [3.63, 3.8) is 0 Å². The summed E-state index contributed by atoms with van der Waals surface area (Å²) >= 11 is 0. The molecule has 4 rings (SSSR count). The molecule has 1 aliphatic rings. The summed E-state index contributed by atoms with van der Waals surface area (Å²) in [6, 6.07) is 14.5. The number of aliphatic hydroxyl groups excluding tert-OH is 1. The molecule has 3 aromatic rings. The van der Waals surface area contributed by atoms with E-state index in [1.54, 1.807) is 33.5 Å². The van der Waals surface area contributed by atoms with Gasteiger partial charge in [-0.3, -0.25) is 4.79 Å². The van der Waals surface area contributed by atoms with E-state index in [0.717, 1.165) is 22.3 Å². The molecule has 0 saturated carbocycles. The molecule has 0 saturated heterocycles. The van der Waals surface area contributed by atoms with Crippen molar-refractivity contribution in [3.8, 4) is 28.7 Å². The van der Waals surface area contributed by atoms with Crippen LogP contribution < -0.4 is 30.0 Å². The highest BCUT2D eigenvalue weighted by molar-refractivity contribution is 5.88. The van der Waals surface area contributed by atoms with Gasteiger partial charge in [-0.1, -0.05) is 56.3 Å². The first-order valence-corrected chi connectivity index (χ1v) is 16.4. The van der Waals surface area contributed by atoms with Crippen molar-refractivity contribution in [2.75, 3.05) is 35.0 Å². The Morgan fingerprint density at radius 2 is 1.63 bits per heavy atom. The lowest BCUT2D eigenvalue weighted by atomic mass is 9.92. The number of nitrogens with one attached hydrogen (secondary N) is 1. The lowest BCUT2D eigenvalue weighted by Gasteiger charge is -2.24. The van der Waals surface area contributed by atoms with E-state index >= 15 is 0 Å². The summed E-state index contributed by atoms with van der Waals surface area (Å²) in [5.41, 5.74) is 10.2. The summed E-state index contributed by atoms with van der Waals surface area (Å²) < 4.78 is 28.3. The standard InChI is InChI=1S/C38H48N2O9/c1-22(2)16-30(40-37(43)34(42)29(39)18-23-10-8-7-9-11-23)38(44)49-21-24-12-14-26-28(20-33(46-4)36(48-6)35(26)47-5)27(17-24)25-13-15-32(45-3)31(41)19-25/h7-11,13,15,17,19-20,22,24,29-30,34,41-42H,12,14,16,18,21,39H2,1-6H3,(H,40,43). The van der Waals surface area contributed by atoms with Gasteiger partial charge in [-0.2, -0.15) is 0 Å². The molecule has 0 spiro atoms. The number of esters is 1. The fourth-order valence-electron chi connectivity index (χ4n) is 6.11. The van der Waals surface area contributed by atoms with Gasteiger partial charge in [-0.15, -0.1) is 0 Å². The maximum Gasteiger partial charge on any atom is 0.328 e. The number of nitrogens with two attached hydrogens (primary N) is 1. The minimum atomic E-state index is -1.52. The van der Waals surface area contributed by atoms with Crippen LogP contribution in [-0.2, 0) is 27.2 Å². The molecule has 264 valence electrons. The molecule has 0 aromatic heterocycles. The zero-order valence-electron chi connectivity index (χ0n) is 29.0. The predicted octanol–water partition coefficient (Wildman–Crippen LogP) is 4.43. The van der Waals surface area contributed by atoms with Gasteiger partial charge in [0.15, 0.2) is 23.0 Å². The summed E-state index contributed by atoms with van der Waals surface area (Å²) in [7, 11) is 6.15. The Bertz CT molecular complexity index is 1620. The van der Waals surface area contributed by atoms with Crippen molar-refractivity contribution >= 4 is 17.4 Å². The molecule has 0 heterocycles. The molecular weight excluding hydrogens is 628 g/mol. The second-order valence-electron chi connectivity index (χ2n) is 12.6. The summed E-state index contributed by atoms with van der Waals surface area (Å²) in [5, 5.41) is 24.1. The van der Waals surface area contributed by atoms with E-state index in [0.29, 0.717) is 54.2 Å². The molecule has 0 bridgehead atoms. The number of ether oxygens (including phenoxy) is 5. The first-order valence-electron chi connectivity index (χ1n) is 16.4. The summed E-state index contributed by atoms with van der Waals surface area (Å²) in [4.78, 5) is 26.6. The van der Waals surface area contributed by atoms with Crippen molar-refractivity contribution < 1.29 is 43.5 Å². The minimum absolute atomic E-state index is 0.0234. The fraction of sp³-hybridized carbons (Fsp3) is 0.421. The van der Waals surface area contributed by atoms with Crippen LogP contribution in [0.1, 0.15) is 48.9 Å². The van der Waals surface area contributed by atoms with Gasteiger partial charge >= 0.3 is 5.97 Å². The average Bonchev–Trinajstić information content (AvgIpc) is 3.28. The zero-order chi connectivity index (χ0) is 35.7. The molecule has 5 N–H and O–H groups in total. The Morgan fingerprint density at radius 1 is 0.939 bits per heavy atom. The minimum Gasteiger partial charge on any atom is -0.504 e. The number of aromatic hydroxyl groups is 1. The van der Waals surface area contributed by atoms with Gasteiger partial charge in [0.2, 0.25) is 5.75 Å². The normalized spacial score (nSPS) is 15.9. The number of rotatable bonds is 15. The number of phenols is 1. The molecule has 1 aliphatic carbocycles. The van der Waals surface area contributed by atoms with Crippen LogP contribution in [0, 0.1) is 11.8 Å². The number of carbonyl (C=O) groups excluding carboxylic acids is 2. The summed E-state index contributed by atoms with van der Waals surface area (Å²) in [6.45, 7) is 3.89. The molecule has 4 unspecified atom stereocenters.